The molecule has 0 aliphatic heterocycles. The number of carbonyl (C=O) groups is 2. The number of rotatable bonds is 9. The summed E-state index contributed by atoms with van der Waals surface area (Å²) >= 11 is 0.0469. The van der Waals surface area contributed by atoms with Crippen LogP contribution in [0.25, 0.3) is 0 Å². The fourth-order valence-electron chi connectivity index (χ4n) is 2.66. The third kappa shape index (κ3) is 8.05. The first kappa shape index (κ1) is 23.7. The van der Waals surface area contributed by atoms with Crippen molar-refractivity contribution in [1.29, 1.82) is 0 Å². The van der Waals surface area contributed by atoms with Crippen molar-refractivity contribution in [3.05, 3.63) is 78.6 Å². The van der Waals surface area contributed by atoms with Crippen LogP contribution >= 0.6 is 0 Å². The van der Waals surface area contributed by atoms with Gasteiger partial charge in [0.1, 0.15) is 0 Å². The van der Waals surface area contributed by atoms with Crippen LogP contribution in [0.1, 0.15) is 32.4 Å². The molecule has 0 saturated carbocycles. The molecular weight excluding hydrogens is 447 g/mol. The maximum absolute atomic E-state index is 13.1. The van der Waals surface area contributed by atoms with Gasteiger partial charge in [0, 0.05) is 0 Å². The molecular formula is C24H28O5Se. The first-order valence-electron chi connectivity index (χ1n) is 9.66. The van der Waals surface area contributed by atoms with Crippen LogP contribution < -0.4 is 4.46 Å². The molecule has 0 spiro atoms. The van der Waals surface area contributed by atoms with E-state index in [9.17, 15) is 9.59 Å². The molecule has 0 aliphatic carbocycles. The number of carbonyl (C=O) groups excluding carboxylic acids is 2. The summed E-state index contributed by atoms with van der Waals surface area (Å²) in [4.78, 5) is 24.6. The number of hydrogen-bond donors (Lipinski definition) is 0. The van der Waals surface area contributed by atoms with E-state index in [1.165, 1.54) is 23.9 Å². The molecule has 0 N–H and O–H groups in total. The van der Waals surface area contributed by atoms with Crippen LogP contribution in [0.4, 0.5) is 0 Å². The van der Waals surface area contributed by atoms with Crippen LogP contribution in [-0.2, 0) is 23.8 Å². The number of methoxy groups -OCH3 is 1. The van der Waals surface area contributed by atoms with Crippen molar-refractivity contribution in [3.63, 3.8) is 0 Å². The molecule has 0 heterocycles. The zero-order valence-electron chi connectivity index (χ0n) is 17.7. The van der Waals surface area contributed by atoms with E-state index >= 15 is 0 Å². The maximum atomic E-state index is 13.1. The molecule has 0 aromatic heterocycles. The SMILES string of the molecule is COC(=O)/C=C/O[C@H](c1ccccc1)[C@H](C[Se]c1ccccc1)C(=O)OC(C)(C)C. The molecule has 0 fully saturated rings. The van der Waals surface area contributed by atoms with Crippen molar-refractivity contribution in [3.8, 4) is 0 Å². The monoisotopic (exact) mass is 476 g/mol. The Balaban J connectivity index is 2.32. The fraction of sp³-hybridized carbons (Fsp3) is 0.333. The number of esters is 2. The van der Waals surface area contributed by atoms with E-state index in [2.05, 4.69) is 16.9 Å². The Morgan fingerprint density at radius 2 is 1.60 bits per heavy atom. The first-order valence-corrected chi connectivity index (χ1v) is 11.7. The Morgan fingerprint density at radius 1 is 1.00 bits per heavy atom. The molecule has 5 nitrogen and oxygen atoms in total. The van der Waals surface area contributed by atoms with Gasteiger partial charge in [0.15, 0.2) is 0 Å². The molecule has 0 amide bonds. The zero-order chi connectivity index (χ0) is 22.0. The van der Waals surface area contributed by atoms with Gasteiger partial charge in [-0.15, -0.1) is 0 Å². The van der Waals surface area contributed by atoms with Crippen LogP contribution in [0.5, 0.6) is 0 Å². The van der Waals surface area contributed by atoms with Gasteiger partial charge in [-0.2, -0.15) is 0 Å². The molecule has 2 rings (SSSR count). The van der Waals surface area contributed by atoms with Crippen LogP contribution in [0.2, 0.25) is 5.32 Å². The van der Waals surface area contributed by atoms with E-state index in [0.29, 0.717) is 5.32 Å². The average Bonchev–Trinajstić information content (AvgIpc) is 2.72. The van der Waals surface area contributed by atoms with Crippen LogP contribution in [0, 0.1) is 5.92 Å². The summed E-state index contributed by atoms with van der Waals surface area (Å²) in [6, 6.07) is 19.6. The second kappa shape index (κ2) is 11.6. The minimum atomic E-state index is -0.613. The summed E-state index contributed by atoms with van der Waals surface area (Å²) in [6.45, 7) is 5.54. The summed E-state index contributed by atoms with van der Waals surface area (Å²) in [6.07, 6.45) is 1.90. The summed E-state index contributed by atoms with van der Waals surface area (Å²) in [5, 5.41) is 0.595. The Hall–Kier alpha value is -2.56. The average molecular weight is 475 g/mol. The fourth-order valence-corrected chi connectivity index (χ4v) is 4.82. The van der Waals surface area contributed by atoms with Gasteiger partial charge in [0.25, 0.3) is 0 Å². The quantitative estimate of drug-likeness (QED) is 0.239. The van der Waals surface area contributed by atoms with Crippen molar-refractivity contribution in [2.45, 2.75) is 37.8 Å². The molecule has 2 aromatic rings. The Morgan fingerprint density at radius 3 is 2.17 bits per heavy atom. The second-order valence-corrected chi connectivity index (χ2v) is 9.85. The molecule has 0 bridgehead atoms. The molecule has 2 aromatic carbocycles. The standard InChI is InChI=1S/C24H28O5Se/c1-24(2,3)29-23(26)20(17-30-19-13-9-6-10-14-19)22(18-11-7-5-8-12-18)28-16-15-21(25)27-4/h5-16,20,22H,17H2,1-4H3/b16-15+/t20-,22+/m0/s1. The van der Waals surface area contributed by atoms with Crippen molar-refractivity contribution in [2.75, 3.05) is 7.11 Å². The van der Waals surface area contributed by atoms with Crippen molar-refractivity contribution in [1.82, 2.24) is 0 Å². The summed E-state index contributed by atoms with van der Waals surface area (Å²) in [5.74, 6) is -1.38. The minimum absolute atomic E-state index is 0.0469. The molecule has 2 atom stereocenters. The molecule has 30 heavy (non-hydrogen) atoms. The molecule has 0 radical (unpaired) electrons. The van der Waals surface area contributed by atoms with Gasteiger partial charge in [-0.05, 0) is 0 Å². The summed E-state index contributed by atoms with van der Waals surface area (Å²) in [5.41, 5.74) is 0.227. The van der Waals surface area contributed by atoms with Gasteiger partial charge in [-0.3, -0.25) is 0 Å². The van der Waals surface area contributed by atoms with Crippen LogP contribution in [0.3, 0.4) is 0 Å². The molecule has 0 saturated heterocycles. The van der Waals surface area contributed by atoms with E-state index in [4.69, 9.17) is 9.47 Å². The van der Waals surface area contributed by atoms with Gasteiger partial charge in [0.05, 0.1) is 0 Å². The number of ether oxygens (including phenoxy) is 3. The zero-order valence-corrected chi connectivity index (χ0v) is 19.5. The van der Waals surface area contributed by atoms with E-state index in [-0.39, 0.29) is 20.9 Å². The first-order chi connectivity index (χ1) is 14.3. The van der Waals surface area contributed by atoms with Crippen LogP contribution in [0.15, 0.2) is 73.0 Å². The van der Waals surface area contributed by atoms with Crippen molar-refractivity contribution in [2.24, 2.45) is 5.92 Å². The summed E-state index contributed by atoms with van der Waals surface area (Å²) in [7, 11) is 1.30. The van der Waals surface area contributed by atoms with E-state index in [0.717, 1.165) is 5.56 Å². The van der Waals surface area contributed by atoms with Crippen molar-refractivity contribution < 1.29 is 23.8 Å². The van der Waals surface area contributed by atoms with E-state index in [1.807, 2.05) is 69.3 Å². The van der Waals surface area contributed by atoms with Gasteiger partial charge in [-0.25, -0.2) is 0 Å². The molecule has 160 valence electrons. The Labute approximate surface area is 184 Å². The normalized spacial score (nSPS) is 13.5. The van der Waals surface area contributed by atoms with Gasteiger partial charge < -0.3 is 0 Å². The predicted octanol–water partition coefficient (Wildman–Crippen LogP) is 3.84. The third-order valence-corrected chi connectivity index (χ3v) is 6.38. The van der Waals surface area contributed by atoms with E-state index in [1.54, 1.807) is 0 Å². The third-order valence-electron chi connectivity index (χ3n) is 4.01. The summed E-state index contributed by atoms with van der Waals surface area (Å²) < 4.78 is 17.4. The van der Waals surface area contributed by atoms with Crippen LogP contribution in [-0.4, -0.2) is 39.6 Å². The Bertz CT molecular complexity index is 828. The second-order valence-electron chi connectivity index (χ2n) is 7.56. The number of benzene rings is 2. The van der Waals surface area contributed by atoms with Gasteiger partial charge in [-0.1, -0.05) is 0 Å². The van der Waals surface area contributed by atoms with Gasteiger partial charge in [0.2, 0.25) is 0 Å². The van der Waals surface area contributed by atoms with E-state index < -0.39 is 23.6 Å². The number of hydrogen-bond acceptors (Lipinski definition) is 5. The molecule has 6 heteroatoms. The topological polar surface area (TPSA) is 61.8 Å². The van der Waals surface area contributed by atoms with Crippen molar-refractivity contribution >= 4 is 31.4 Å². The Kier molecular flexibility index (Phi) is 9.15. The molecule has 0 aliphatic rings. The van der Waals surface area contributed by atoms with Gasteiger partial charge >= 0.3 is 185 Å². The molecule has 0 unspecified atom stereocenters. The predicted molar refractivity (Wildman–Crippen MR) is 117 cm³/mol.